The van der Waals surface area contributed by atoms with Gasteiger partial charge in [-0.3, -0.25) is 14.9 Å². The largest absolute Gasteiger partial charge is 0.504 e. The molecule has 0 radical (unpaired) electrons. The van der Waals surface area contributed by atoms with E-state index in [-0.39, 0.29) is 10.8 Å². The first kappa shape index (κ1) is 18.2. The molecule has 0 heterocycles. The van der Waals surface area contributed by atoms with Crippen LogP contribution in [0.1, 0.15) is 6.92 Å². The molecule has 0 unspecified atom stereocenters. The lowest BCUT2D eigenvalue weighted by Crippen LogP contribution is -2.22. The Morgan fingerprint density at radius 1 is 1.16 bits per heavy atom. The molecule has 0 atom stereocenters. The van der Waals surface area contributed by atoms with E-state index in [9.17, 15) is 33.5 Å². The maximum Gasteiger partial charge on any atom is 0.315 e. The van der Waals surface area contributed by atoms with E-state index in [1.165, 1.54) is 43.1 Å². The Bertz CT molecular complexity index is 970. The summed E-state index contributed by atoms with van der Waals surface area (Å²) in [7, 11) is -2.77. The number of phenolic OH excluding ortho intramolecular Hbond substituents is 2. The van der Waals surface area contributed by atoms with Crippen molar-refractivity contribution in [1.82, 2.24) is 0 Å². The summed E-state index contributed by atoms with van der Waals surface area (Å²) in [5, 5.41) is 30.0. The van der Waals surface area contributed by atoms with Crippen molar-refractivity contribution in [3.05, 3.63) is 46.5 Å². The van der Waals surface area contributed by atoms with Gasteiger partial charge in [0.05, 0.1) is 14.7 Å². The number of rotatable bonds is 4. The van der Waals surface area contributed by atoms with Crippen LogP contribution in [0.15, 0.2) is 46.2 Å². The molecule has 2 N–H and O–H groups in total. The minimum absolute atomic E-state index is 0.225. The number of hydrogen-bond donors (Lipinski definition) is 2. The molecule has 0 fully saturated rings. The van der Waals surface area contributed by atoms with E-state index in [1.807, 2.05) is 0 Å². The molecule has 2 aromatic carbocycles. The van der Waals surface area contributed by atoms with Gasteiger partial charge in [0, 0.05) is 31.8 Å². The molecule has 2 aromatic rings. The number of nitro benzene ring substituents is 1. The SMILES string of the molecule is CC(=O)N(C)c1cccc(S(=O)(=O)c2cc(O)c(O)c([N+](=O)[O-])c2)c1. The number of anilines is 1. The smallest absolute Gasteiger partial charge is 0.315 e. The topological polar surface area (TPSA) is 138 Å². The lowest BCUT2D eigenvalue weighted by atomic mass is 10.3. The fourth-order valence-corrected chi connectivity index (χ4v) is 3.39. The molecule has 1 amide bonds. The summed E-state index contributed by atoms with van der Waals surface area (Å²) in [6.07, 6.45) is 0. The zero-order chi connectivity index (χ0) is 18.9. The fraction of sp³-hybridized carbons (Fsp3) is 0.133. The standard InChI is InChI=1S/C15H14N2O7S/c1-9(18)16(2)10-4-3-5-11(6-10)25(23,24)12-7-13(17(21)22)15(20)14(19)8-12/h3-8,19-20H,1-2H3. The quantitative estimate of drug-likeness (QED) is 0.478. The van der Waals surface area contributed by atoms with Gasteiger partial charge in [0.2, 0.25) is 21.5 Å². The van der Waals surface area contributed by atoms with E-state index >= 15 is 0 Å². The third-order valence-corrected chi connectivity index (χ3v) is 5.27. The summed E-state index contributed by atoms with van der Waals surface area (Å²) in [5.74, 6) is -2.26. The van der Waals surface area contributed by atoms with Crippen molar-refractivity contribution < 1.29 is 28.3 Å². The minimum atomic E-state index is -4.23. The second-order valence-electron chi connectivity index (χ2n) is 5.15. The predicted octanol–water partition coefficient (Wildman–Crippen LogP) is 1.82. The predicted molar refractivity (Wildman–Crippen MR) is 87.4 cm³/mol. The van der Waals surface area contributed by atoms with Gasteiger partial charge in [0.1, 0.15) is 0 Å². The Morgan fingerprint density at radius 3 is 2.36 bits per heavy atom. The highest BCUT2D eigenvalue weighted by Gasteiger charge is 2.26. The molecule has 0 aliphatic heterocycles. The Hall–Kier alpha value is -3.14. The van der Waals surface area contributed by atoms with Gasteiger partial charge in [0.15, 0.2) is 5.75 Å². The van der Waals surface area contributed by atoms with Crippen LogP contribution in [0.25, 0.3) is 0 Å². The number of carbonyl (C=O) groups excluding carboxylic acids is 1. The highest BCUT2D eigenvalue weighted by Crippen LogP contribution is 2.39. The number of hydrogen-bond acceptors (Lipinski definition) is 7. The average molecular weight is 366 g/mol. The molecule has 2 rings (SSSR count). The maximum atomic E-state index is 12.7. The summed E-state index contributed by atoms with van der Waals surface area (Å²) in [6.45, 7) is 1.31. The number of amides is 1. The van der Waals surface area contributed by atoms with Gasteiger partial charge < -0.3 is 15.1 Å². The van der Waals surface area contributed by atoms with Gasteiger partial charge in [0.25, 0.3) is 0 Å². The van der Waals surface area contributed by atoms with Crippen molar-refractivity contribution in [2.75, 3.05) is 11.9 Å². The van der Waals surface area contributed by atoms with Gasteiger partial charge in [-0.2, -0.15) is 0 Å². The Balaban J connectivity index is 2.62. The third-order valence-electron chi connectivity index (χ3n) is 3.54. The van der Waals surface area contributed by atoms with Crippen LogP contribution in [-0.4, -0.2) is 36.5 Å². The van der Waals surface area contributed by atoms with Crippen LogP contribution in [0.3, 0.4) is 0 Å². The minimum Gasteiger partial charge on any atom is -0.504 e. The van der Waals surface area contributed by atoms with E-state index in [0.29, 0.717) is 11.8 Å². The summed E-state index contributed by atoms with van der Waals surface area (Å²) < 4.78 is 25.4. The molecule has 0 bridgehead atoms. The molecular weight excluding hydrogens is 352 g/mol. The van der Waals surface area contributed by atoms with Crippen LogP contribution in [0, 0.1) is 10.1 Å². The van der Waals surface area contributed by atoms with Gasteiger partial charge in [-0.1, -0.05) is 6.07 Å². The lowest BCUT2D eigenvalue weighted by Gasteiger charge is -2.16. The van der Waals surface area contributed by atoms with Crippen molar-refractivity contribution >= 4 is 27.1 Å². The molecule has 25 heavy (non-hydrogen) atoms. The number of nitrogens with zero attached hydrogens (tertiary/aromatic N) is 2. The molecule has 132 valence electrons. The first-order chi connectivity index (χ1) is 11.6. The summed E-state index contributed by atoms with van der Waals surface area (Å²) in [6, 6.07) is 6.80. The molecule has 0 spiro atoms. The van der Waals surface area contributed by atoms with E-state index in [4.69, 9.17) is 0 Å². The first-order valence-corrected chi connectivity index (χ1v) is 8.34. The second-order valence-corrected chi connectivity index (χ2v) is 7.10. The first-order valence-electron chi connectivity index (χ1n) is 6.85. The molecule has 0 aliphatic carbocycles. The van der Waals surface area contributed by atoms with Crippen LogP contribution in [-0.2, 0) is 14.6 Å². The van der Waals surface area contributed by atoms with Crippen LogP contribution >= 0.6 is 0 Å². The molecule has 10 heteroatoms. The van der Waals surface area contributed by atoms with E-state index in [2.05, 4.69) is 0 Å². The molecular formula is C15H14N2O7S. The van der Waals surface area contributed by atoms with Gasteiger partial charge >= 0.3 is 5.69 Å². The van der Waals surface area contributed by atoms with Crippen molar-refractivity contribution in [3.63, 3.8) is 0 Å². The Kier molecular flexibility index (Phi) is 4.66. The fourth-order valence-electron chi connectivity index (χ4n) is 2.05. The molecule has 0 aliphatic rings. The number of aromatic hydroxyl groups is 2. The zero-order valence-corrected chi connectivity index (χ0v) is 14.0. The highest BCUT2D eigenvalue weighted by molar-refractivity contribution is 7.91. The average Bonchev–Trinajstić information content (AvgIpc) is 2.56. The van der Waals surface area contributed by atoms with Gasteiger partial charge in [-0.25, -0.2) is 8.42 Å². The monoisotopic (exact) mass is 366 g/mol. The van der Waals surface area contributed by atoms with Crippen molar-refractivity contribution in [2.45, 2.75) is 16.7 Å². The summed E-state index contributed by atoms with van der Waals surface area (Å²) in [4.78, 5) is 21.8. The number of benzene rings is 2. The van der Waals surface area contributed by atoms with Gasteiger partial charge in [-0.05, 0) is 18.2 Å². The van der Waals surface area contributed by atoms with Crippen LogP contribution in [0.4, 0.5) is 11.4 Å². The second kappa shape index (κ2) is 6.40. The van der Waals surface area contributed by atoms with E-state index in [1.54, 1.807) is 0 Å². The van der Waals surface area contributed by atoms with Crippen molar-refractivity contribution in [3.8, 4) is 11.5 Å². The van der Waals surface area contributed by atoms with Crippen molar-refractivity contribution in [1.29, 1.82) is 0 Å². The number of phenols is 2. The molecule has 0 saturated carbocycles. The van der Waals surface area contributed by atoms with Gasteiger partial charge in [-0.15, -0.1) is 0 Å². The highest BCUT2D eigenvalue weighted by atomic mass is 32.2. The van der Waals surface area contributed by atoms with E-state index in [0.717, 1.165) is 6.07 Å². The molecule has 0 aromatic heterocycles. The number of nitro groups is 1. The number of carbonyl (C=O) groups is 1. The lowest BCUT2D eigenvalue weighted by molar-refractivity contribution is -0.386. The Morgan fingerprint density at radius 2 is 1.80 bits per heavy atom. The van der Waals surface area contributed by atoms with Crippen molar-refractivity contribution in [2.24, 2.45) is 0 Å². The van der Waals surface area contributed by atoms with Crippen LogP contribution < -0.4 is 4.90 Å². The molecule has 9 nitrogen and oxygen atoms in total. The van der Waals surface area contributed by atoms with E-state index < -0.39 is 36.8 Å². The Labute approximate surface area is 142 Å². The normalized spacial score (nSPS) is 11.1. The molecule has 0 saturated heterocycles. The van der Waals surface area contributed by atoms with Crippen LogP contribution in [0.2, 0.25) is 0 Å². The summed E-state index contributed by atoms with van der Waals surface area (Å²) in [5.41, 5.74) is -0.623. The summed E-state index contributed by atoms with van der Waals surface area (Å²) >= 11 is 0. The number of sulfone groups is 1. The third kappa shape index (κ3) is 3.38. The zero-order valence-electron chi connectivity index (χ0n) is 13.2. The maximum absolute atomic E-state index is 12.7. The van der Waals surface area contributed by atoms with Crippen LogP contribution in [0.5, 0.6) is 11.5 Å².